The molecule has 1 saturated heterocycles. The van der Waals surface area contributed by atoms with E-state index in [1.165, 1.54) is 24.3 Å². The van der Waals surface area contributed by atoms with Gasteiger partial charge in [0.1, 0.15) is 0 Å². The first kappa shape index (κ1) is 15.0. The molecule has 1 aliphatic rings. The van der Waals surface area contributed by atoms with Gasteiger partial charge in [0.2, 0.25) is 0 Å². The van der Waals surface area contributed by atoms with Crippen LogP contribution in [0.2, 0.25) is 0 Å². The Morgan fingerprint density at radius 1 is 1.30 bits per heavy atom. The topological polar surface area (TPSA) is 84.5 Å². The number of hydrogen-bond donors (Lipinski definition) is 2. The van der Waals surface area contributed by atoms with Crippen LogP contribution in [-0.2, 0) is 14.6 Å². The van der Waals surface area contributed by atoms with Crippen LogP contribution in [0.4, 0.5) is 0 Å². The third-order valence-corrected chi connectivity index (χ3v) is 4.45. The van der Waals surface area contributed by atoms with Crippen LogP contribution in [0.3, 0.4) is 0 Å². The molecule has 2 N–H and O–H groups in total. The molecular weight excluding hydrogens is 280 g/mol. The molecule has 1 aromatic carbocycles. The van der Waals surface area contributed by atoms with E-state index in [0.717, 1.165) is 6.26 Å². The lowest BCUT2D eigenvalue weighted by molar-refractivity contribution is 0.0780. The normalized spacial score (nSPS) is 22.7. The van der Waals surface area contributed by atoms with Gasteiger partial charge >= 0.3 is 0 Å². The smallest absolute Gasteiger partial charge is 0.251 e. The Morgan fingerprint density at radius 2 is 1.95 bits per heavy atom. The van der Waals surface area contributed by atoms with E-state index in [4.69, 9.17) is 4.74 Å². The summed E-state index contributed by atoms with van der Waals surface area (Å²) >= 11 is 0. The Kier molecular flexibility index (Phi) is 4.42. The second-order valence-corrected chi connectivity index (χ2v) is 6.82. The first-order valence-corrected chi connectivity index (χ1v) is 8.15. The second-order valence-electron chi connectivity index (χ2n) is 4.81. The average molecular weight is 298 g/mol. The van der Waals surface area contributed by atoms with Crippen LogP contribution in [0, 0.1) is 0 Å². The largest absolute Gasteiger partial charge is 0.378 e. The Bertz CT molecular complexity index is 583. The molecule has 6 nitrogen and oxygen atoms in total. The van der Waals surface area contributed by atoms with Gasteiger partial charge in [-0.25, -0.2) is 8.42 Å². The summed E-state index contributed by atoms with van der Waals surface area (Å²) in [4.78, 5) is 12.3. The van der Waals surface area contributed by atoms with Crippen molar-refractivity contribution in [3.63, 3.8) is 0 Å². The summed E-state index contributed by atoms with van der Waals surface area (Å²) in [6.45, 7) is 1.36. The zero-order chi connectivity index (χ0) is 14.8. The van der Waals surface area contributed by atoms with Crippen molar-refractivity contribution in [2.24, 2.45) is 0 Å². The van der Waals surface area contributed by atoms with Crippen LogP contribution in [-0.4, -0.2) is 52.9 Å². The number of nitrogens with one attached hydrogen (secondary N) is 2. The standard InChI is InChI=1S/C13H18N2O4S/c1-19-12-8-14-7-11(12)15-13(16)9-3-5-10(6-4-9)20(2,17)18/h3-6,11-12,14H,7-8H2,1-2H3,(H,15,16)/t11?,12-/m0/s1. The van der Waals surface area contributed by atoms with Crippen molar-refractivity contribution in [1.82, 2.24) is 10.6 Å². The fourth-order valence-corrected chi connectivity index (χ4v) is 2.78. The summed E-state index contributed by atoms with van der Waals surface area (Å²) in [7, 11) is -1.63. The van der Waals surface area contributed by atoms with Crippen LogP contribution >= 0.6 is 0 Å². The molecule has 0 bridgehead atoms. The number of sulfone groups is 1. The third-order valence-electron chi connectivity index (χ3n) is 3.32. The Morgan fingerprint density at radius 3 is 2.50 bits per heavy atom. The highest BCUT2D eigenvalue weighted by molar-refractivity contribution is 7.90. The van der Waals surface area contributed by atoms with Crippen LogP contribution in [0.25, 0.3) is 0 Å². The lowest BCUT2D eigenvalue weighted by atomic mass is 10.1. The Labute approximate surface area is 118 Å². The molecule has 2 atom stereocenters. The highest BCUT2D eigenvalue weighted by Crippen LogP contribution is 2.11. The summed E-state index contributed by atoms with van der Waals surface area (Å²) in [5.74, 6) is -0.235. The summed E-state index contributed by atoms with van der Waals surface area (Å²) < 4.78 is 28.0. The highest BCUT2D eigenvalue weighted by atomic mass is 32.2. The summed E-state index contributed by atoms with van der Waals surface area (Å²) in [5.41, 5.74) is 0.430. The number of amides is 1. The van der Waals surface area contributed by atoms with Gasteiger partial charge in [0.05, 0.1) is 17.0 Å². The van der Waals surface area contributed by atoms with E-state index in [-0.39, 0.29) is 22.9 Å². The van der Waals surface area contributed by atoms with E-state index >= 15 is 0 Å². The first-order chi connectivity index (χ1) is 9.41. The van der Waals surface area contributed by atoms with Gasteiger partial charge in [-0.3, -0.25) is 4.79 Å². The predicted molar refractivity (Wildman–Crippen MR) is 74.5 cm³/mol. The van der Waals surface area contributed by atoms with Crippen LogP contribution in [0.1, 0.15) is 10.4 Å². The summed E-state index contributed by atoms with van der Waals surface area (Å²) in [6.07, 6.45) is 1.09. The van der Waals surface area contributed by atoms with Gasteiger partial charge in [-0.2, -0.15) is 0 Å². The maximum Gasteiger partial charge on any atom is 0.251 e. The van der Waals surface area contributed by atoms with E-state index < -0.39 is 9.84 Å². The van der Waals surface area contributed by atoms with Gasteiger partial charge in [-0.15, -0.1) is 0 Å². The van der Waals surface area contributed by atoms with Crippen molar-refractivity contribution in [3.05, 3.63) is 29.8 Å². The molecule has 1 unspecified atom stereocenters. The second kappa shape index (κ2) is 5.90. The number of benzene rings is 1. The van der Waals surface area contributed by atoms with Crippen molar-refractivity contribution in [1.29, 1.82) is 0 Å². The van der Waals surface area contributed by atoms with Gasteiger partial charge < -0.3 is 15.4 Å². The number of rotatable bonds is 4. The zero-order valence-corrected chi connectivity index (χ0v) is 12.2. The molecule has 0 radical (unpaired) electrons. The minimum absolute atomic E-state index is 0.0470. The van der Waals surface area contributed by atoms with Crippen molar-refractivity contribution in [2.45, 2.75) is 17.0 Å². The third kappa shape index (κ3) is 3.36. The van der Waals surface area contributed by atoms with Crippen molar-refractivity contribution < 1.29 is 17.9 Å². The highest BCUT2D eigenvalue weighted by Gasteiger charge is 2.28. The van der Waals surface area contributed by atoms with Gasteiger partial charge in [0.15, 0.2) is 9.84 Å². The van der Waals surface area contributed by atoms with E-state index in [0.29, 0.717) is 18.7 Å². The lowest BCUT2D eigenvalue weighted by Gasteiger charge is -2.18. The molecule has 1 aliphatic heterocycles. The fraction of sp³-hybridized carbons (Fsp3) is 0.462. The SMILES string of the molecule is CO[C@H]1CNCC1NC(=O)c1ccc(S(C)(=O)=O)cc1. The van der Waals surface area contributed by atoms with Crippen molar-refractivity contribution in [2.75, 3.05) is 26.5 Å². The summed E-state index contributed by atoms with van der Waals surface area (Å²) in [5, 5.41) is 6.02. The van der Waals surface area contributed by atoms with E-state index in [1.807, 2.05) is 0 Å². The molecule has 0 aliphatic carbocycles. The number of carbonyl (C=O) groups excluding carboxylic acids is 1. The molecule has 1 heterocycles. The molecule has 0 spiro atoms. The van der Waals surface area contributed by atoms with Crippen LogP contribution in [0.5, 0.6) is 0 Å². The quantitative estimate of drug-likeness (QED) is 0.804. The number of carbonyl (C=O) groups is 1. The number of hydrogen-bond acceptors (Lipinski definition) is 5. The van der Waals surface area contributed by atoms with Gasteiger partial charge in [-0.1, -0.05) is 0 Å². The predicted octanol–water partition coefficient (Wildman–Crippen LogP) is -0.193. The van der Waals surface area contributed by atoms with Crippen LogP contribution in [0.15, 0.2) is 29.2 Å². The molecule has 1 aromatic rings. The number of methoxy groups -OCH3 is 1. The lowest BCUT2D eigenvalue weighted by Crippen LogP contribution is -2.43. The van der Waals surface area contributed by atoms with E-state index in [2.05, 4.69) is 10.6 Å². The molecule has 1 fully saturated rings. The zero-order valence-electron chi connectivity index (χ0n) is 11.4. The number of ether oxygens (including phenoxy) is 1. The molecule has 0 saturated carbocycles. The average Bonchev–Trinajstić information content (AvgIpc) is 2.85. The molecule has 110 valence electrons. The maximum atomic E-state index is 12.1. The van der Waals surface area contributed by atoms with Gasteiger partial charge in [0.25, 0.3) is 5.91 Å². The minimum atomic E-state index is -3.24. The Balaban J connectivity index is 2.06. The minimum Gasteiger partial charge on any atom is -0.378 e. The molecule has 0 aromatic heterocycles. The van der Waals surface area contributed by atoms with Gasteiger partial charge in [-0.05, 0) is 24.3 Å². The monoisotopic (exact) mass is 298 g/mol. The molecule has 7 heteroatoms. The molecule has 1 amide bonds. The Hall–Kier alpha value is -1.44. The van der Waals surface area contributed by atoms with Gasteiger partial charge in [0, 0.05) is 32.0 Å². The molecule has 20 heavy (non-hydrogen) atoms. The van der Waals surface area contributed by atoms with Crippen LogP contribution < -0.4 is 10.6 Å². The first-order valence-electron chi connectivity index (χ1n) is 6.26. The molecular formula is C13H18N2O4S. The molecule has 2 rings (SSSR count). The van der Waals surface area contributed by atoms with Crippen molar-refractivity contribution >= 4 is 15.7 Å². The van der Waals surface area contributed by atoms with E-state index in [9.17, 15) is 13.2 Å². The van der Waals surface area contributed by atoms with Crippen molar-refractivity contribution in [3.8, 4) is 0 Å². The fourth-order valence-electron chi connectivity index (χ4n) is 2.15. The summed E-state index contributed by atoms with van der Waals surface area (Å²) in [6, 6.07) is 5.81. The maximum absolute atomic E-state index is 12.1. The van der Waals surface area contributed by atoms with E-state index in [1.54, 1.807) is 7.11 Å².